The highest BCUT2D eigenvalue weighted by Crippen LogP contribution is 2.09. The van der Waals surface area contributed by atoms with Gasteiger partial charge in [-0.15, -0.1) is 0 Å². The lowest BCUT2D eigenvalue weighted by Crippen LogP contribution is -2.00. The Hall–Kier alpha value is -0.600. The molecule has 0 aliphatic heterocycles. The van der Waals surface area contributed by atoms with E-state index in [1.165, 1.54) is 0 Å². The summed E-state index contributed by atoms with van der Waals surface area (Å²) in [5.74, 6) is 0. The summed E-state index contributed by atoms with van der Waals surface area (Å²) in [5, 5.41) is 0.523. The monoisotopic (exact) mass is 186 g/mol. The van der Waals surface area contributed by atoms with Crippen LogP contribution >= 0.6 is 11.6 Å². The van der Waals surface area contributed by atoms with Gasteiger partial charge in [-0.1, -0.05) is 31.5 Å². The molecule has 0 bridgehead atoms. The van der Waals surface area contributed by atoms with Gasteiger partial charge in [0, 0.05) is 12.2 Å². The summed E-state index contributed by atoms with van der Waals surface area (Å²) in [6.45, 7) is 6.42. The summed E-state index contributed by atoms with van der Waals surface area (Å²) in [6.07, 6.45) is 0. The predicted octanol–water partition coefficient (Wildman–Crippen LogP) is 2.53. The molecule has 0 fully saturated rings. The molecule has 0 aliphatic rings. The van der Waals surface area contributed by atoms with Gasteiger partial charge >= 0.3 is 0 Å². The zero-order valence-electron chi connectivity index (χ0n) is 7.76. The summed E-state index contributed by atoms with van der Waals surface area (Å²) < 4.78 is 0. The molecule has 1 heterocycles. The maximum atomic E-state index is 5.62. The molecule has 2 nitrogen and oxygen atoms in total. The van der Waals surface area contributed by atoms with E-state index >= 15 is 0 Å². The van der Waals surface area contributed by atoms with Crippen LogP contribution in [0.5, 0.6) is 0 Å². The standard InChI is InChI=1S/C7H9ClN2.C2H6/c1-5-6(4-9)2-3-7(8)10-5;1-2/h2-3H,4,9H2,1H3;1-2H3. The number of hydrogen-bond acceptors (Lipinski definition) is 2. The first kappa shape index (κ1) is 11.4. The van der Waals surface area contributed by atoms with Crippen LogP contribution in [0.15, 0.2) is 12.1 Å². The van der Waals surface area contributed by atoms with Crippen molar-refractivity contribution in [1.29, 1.82) is 0 Å². The van der Waals surface area contributed by atoms with Crippen LogP contribution in [-0.4, -0.2) is 4.98 Å². The van der Waals surface area contributed by atoms with Gasteiger partial charge in [0.05, 0.1) is 0 Å². The molecule has 0 aliphatic carbocycles. The number of aromatic nitrogens is 1. The number of hydrogen-bond donors (Lipinski definition) is 1. The average Bonchev–Trinajstić information content (AvgIpc) is 2.08. The maximum absolute atomic E-state index is 5.62. The number of halogens is 1. The van der Waals surface area contributed by atoms with E-state index in [1.807, 2.05) is 26.8 Å². The molecule has 1 rings (SSSR count). The first-order valence-electron chi connectivity index (χ1n) is 4.06. The molecule has 2 N–H and O–H groups in total. The van der Waals surface area contributed by atoms with Gasteiger partial charge in [0.25, 0.3) is 0 Å². The van der Waals surface area contributed by atoms with Crippen LogP contribution < -0.4 is 5.73 Å². The predicted molar refractivity (Wildman–Crippen MR) is 53.2 cm³/mol. The Bertz CT molecular complexity index is 236. The minimum atomic E-state index is 0.523. The summed E-state index contributed by atoms with van der Waals surface area (Å²) in [6, 6.07) is 3.64. The SMILES string of the molecule is CC.Cc1nc(Cl)ccc1CN. The fourth-order valence-corrected chi connectivity index (χ4v) is 0.965. The van der Waals surface area contributed by atoms with Crippen molar-refractivity contribution < 1.29 is 0 Å². The van der Waals surface area contributed by atoms with Crippen molar-refractivity contribution in [3.05, 3.63) is 28.5 Å². The van der Waals surface area contributed by atoms with Crippen molar-refractivity contribution in [1.82, 2.24) is 4.98 Å². The molecule has 0 atom stereocenters. The van der Waals surface area contributed by atoms with E-state index in [1.54, 1.807) is 6.07 Å². The summed E-state index contributed by atoms with van der Waals surface area (Å²) >= 11 is 5.62. The molecule has 0 aromatic carbocycles. The second-order valence-corrected chi connectivity index (χ2v) is 2.47. The zero-order chi connectivity index (χ0) is 9.56. The smallest absolute Gasteiger partial charge is 0.129 e. The quantitative estimate of drug-likeness (QED) is 0.685. The topological polar surface area (TPSA) is 38.9 Å². The highest BCUT2D eigenvalue weighted by atomic mass is 35.5. The Kier molecular flexibility index (Phi) is 5.68. The highest BCUT2D eigenvalue weighted by Gasteiger charge is 1.96. The van der Waals surface area contributed by atoms with E-state index in [4.69, 9.17) is 17.3 Å². The second kappa shape index (κ2) is 5.98. The normalized spacial score (nSPS) is 8.75. The molecular formula is C9H15ClN2. The Morgan fingerprint density at radius 1 is 1.42 bits per heavy atom. The third-order valence-electron chi connectivity index (χ3n) is 1.38. The van der Waals surface area contributed by atoms with Crippen LogP contribution in [0.2, 0.25) is 5.15 Å². The molecule has 0 amide bonds. The molecular weight excluding hydrogens is 172 g/mol. The highest BCUT2D eigenvalue weighted by molar-refractivity contribution is 6.29. The lowest BCUT2D eigenvalue weighted by molar-refractivity contribution is 1.01. The van der Waals surface area contributed by atoms with E-state index in [9.17, 15) is 0 Å². The van der Waals surface area contributed by atoms with Crippen molar-refractivity contribution >= 4 is 11.6 Å². The van der Waals surface area contributed by atoms with E-state index in [-0.39, 0.29) is 0 Å². The van der Waals surface area contributed by atoms with Gasteiger partial charge in [0.2, 0.25) is 0 Å². The molecule has 3 heteroatoms. The van der Waals surface area contributed by atoms with E-state index in [0.29, 0.717) is 11.7 Å². The van der Waals surface area contributed by atoms with Gasteiger partial charge in [0.15, 0.2) is 0 Å². The maximum Gasteiger partial charge on any atom is 0.129 e. The third-order valence-corrected chi connectivity index (χ3v) is 1.59. The number of rotatable bonds is 1. The molecule has 0 unspecified atom stereocenters. The molecule has 12 heavy (non-hydrogen) atoms. The van der Waals surface area contributed by atoms with Gasteiger partial charge in [-0.2, -0.15) is 0 Å². The van der Waals surface area contributed by atoms with Crippen molar-refractivity contribution in [2.45, 2.75) is 27.3 Å². The third kappa shape index (κ3) is 3.20. The minimum Gasteiger partial charge on any atom is -0.326 e. The lowest BCUT2D eigenvalue weighted by Gasteiger charge is -1.99. The summed E-state index contributed by atoms with van der Waals surface area (Å²) in [4.78, 5) is 4.03. The molecule has 68 valence electrons. The van der Waals surface area contributed by atoms with Gasteiger partial charge < -0.3 is 5.73 Å². The van der Waals surface area contributed by atoms with E-state index in [0.717, 1.165) is 11.3 Å². The summed E-state index contributed by atoms with van der Waals surface area (Å²) in [7, 11) is 0. The first-order chi connectivity index (χ1) is 5.74. The van der Waals surface area contributed by atoms with Crippen LogP contribution in [0, 0.1) is 6.92 Å². The van der Waals surface area contributed by atoms with Crippen LogP contribution in [-0.2, 0) is 6.54 Å². The van der Waals surface area contributed by atoms with Crippen molar-refractivity contribution in [2.75, 3.05) is 0 Å². The lowest BCUT2D eigenvalue weighted by atomic mass is 10.2. The molecule has 0 saturated heterocycles. The largest absolute Gasteiger partial charge is 0.326 e. The van der Waals surface area contributed by atoms with Crippen LogP contribution in [0.3, 0.4) is 0 Å². The minimum absolute atomic E-state index is 0.523. The number of nitrogens with zero attached hydrogens (tertiary/aromatic N) is 1. The second-order valence-electron chi connectivity index (χ2n) is 2.08. The van der Waals surface area contributed by atoms with Crippen LogP contribution in [0.4, 0.5) is 0 Å². The van der Waals surface area contributed by atoms with Gasteiger partial charge in [-0.3, -0.25) is 0 Å². The van der Waals surface area contributed by atoms with Crippen LogP contribution in [0.1, 0.15) is 25.1 Å². The Morgan fingerprint density at radius 3 is 2.42 bits per heavy atom. The van der Waals surface area contributed by atoms with Crippen molar-refractivity contribution in [3.63, 3.8) is 0 Å². The average molecular weight is 187 g/mol. The molecule has 0 saturated carbocycles. The number of aryl methyl sites for hydroxylation is 1. The Balaban J connectivity index is 0.000000561. The number of nitrogens with two attached hydrogens (primary N) is 1. The molecule has 0 spiro atoms. The number of pyridine rings is 1. The van der Waals surface area contributed by atoms with Gasteiger partial charge in [0.1, 0.15) is 5.15 Å². The van der Waals surface area contributed by atoms with E-state index in [2.05, 4.69) is 4.98 Å². The van der Waals surface area contributed by atoms with Gasteiger partial charge in [-0.05, 0) is 18.6 Å². The summed E-state index contributed by atoms with van der Waals surface area (Å²) in [5.41, 5.74) is 7.38. The zero-order valence-corrected chi connectivity index (χ0v) is 8.52. The van der Waals surface area contributed by atoms with Crippen molar-refractivity contribution in [3.8, 4) is 0 Å². The first-order valence-corrected chi connectivity index (χ1v) is 4.44. The fourth-order valence-electron chi connectivity index (χ4n) is 0.775. The molecule has 0 radical (unpaired) electrons. The fraction of sp³-hybridized carbons (Fsp3) is 0.444. The van der Waals surface area contributed by atoms with Crippen molar-refractivity contribution in [2.24, 2.45) is 5.73 Å². The molecule has 1 aromatic heterocycles. The van der Waals surface area contributed by atoms with E-state index < -0.39 is 0 Å². The van der Waals surface area contributed by atoms with Gasteiger partial charge in [-0.25, -0.2) is 4.98 Å². The Labute approximate surface area is 78.8 Å². The molecule has 1 aromatic rings. The van der Waals surface area contributed by atoms with Crippen LogP contribution in [0.25, 0.3) is 0 Å². The Morgan fingerprint density at radius 2 is 2.00 bits per heavy atom.